The molecule has 1 heterocycles. The third kappa shape index (κ3) is 4.03. The van der Waals surface area contributed by atoms with Gasteiger partial charge in [0.2, 0.25) is 0 Å². The number of nitrogens with two attached hydrogens (primary N) is 1. The van der Waals surface area contributed by atoms with Gasteiger partial charge in [-0.25, -0.2) is 10.8 Å². The predicted molar refractivity (Wildman–Crippen MR) is 83.7 cm³/mol. The van der Waals surface area contributed by atoms with Crippen LogP contribution in [0, 0.1) is 0 Å². The molecule has 0 unspecified atom stereocenters. The highest BCUT2D eigenvalue weighted by molar-refractivity contribution is 5.94. The molecule has 2 aromatic rings. The zero-order chi connectivity index (χ0) is 15.2. The number of pyridine rings is 1. The number of hydrogen-bond donors (Lipinski definition) is 3. The summed E-state index contributed by atoms with van der Waals surface area (Å²) in [6, 6.07) is 11.5. The van der Waals surface area contributed by atoms with Crippen molar-refractivity contribution in [3.8, 4) is 0 Å². The number of hydrazine groups is 1. The third-order valence-electron chi connectivity index (χ3n) is 3.27. The van der Waals surface area contributed by atoms with Crippen molar-refractivity contribution in [2.75, 3.05) is 5.43 Å². The number of hydrogen-bond acceptors (Lipinski definition) is 4. The summed E-state index contributed by atoms with van der Waals surface area (Å²) in [5.74, 6) is 6.10. The average Bonchev–Trinajstić information content (AvgIpc) is 2.53. The molecule has 0 aliphatic heterocycles. The first kappa shape index (κ1) is 15.0. The molecule has 0 aliphatic carbocycles. The van der Waals surface area contributed by atoms with Crippen LogP contribution in [-0.4, -0.2) is 10.9 Å². The highest BCUT2D eigenvalue weighted by Crippen LogP contribution is 2.14. The number of nitrogen functional groups attached to an aromatic ring is 1. The highest BCUT2D eigenvalue weighted by atomic mass is 16.1. The average molecular weight is 284 g/mol. The van der Waals surface area contributed by atoms with Gasteiger partial charge in [-0.1, -0.05) is 38.1 Å². The summed E-state index contributed by atoms with van der Waals surface area (Å²) in [6.07, 6.45) is 1.54. The molecule has 0 atom stereocenters. The number of carbonyl (C=O) groups excluding carboxylic acids is 1. The molecule has 0 bridgehead atoms. The SMILES string of the molecule is CC(C)c1ccc(CNC(=O)c2ccnc(NN)c2)cc1. The number of amides is 1. The van der Waals surface area contributed by atoms with Crippen LogP contribution in [0.15, 0.2) is 42.6 Å². The van der Waals surface area contributed by atoms with Gasteiger partial charge in [0.05, 0.1) is 0 Å². The molecule has 0 aliphatic rings. The lowest BCUT2D eigenvalue weighted by atomic mass is 10.0. The van der Waals surface area contributed by atoms with Crippen LogP contribution in [0.5, 0.6) is 0 Å². The minimum absolute atomic E-state index is 0.151. The number of anilines is 1. The van der Waals surface area contributed by atoms with Gasteiger partial charge in [-0.3, -0.25) is 4.79 Å². The number of rotatable bonds is 5. The van der Waals surface area contributed by atoms with E-state index in [4.69, 9.17) is 5.84 Å². The summed E-state index contributed by atoms with van der Waals surface area (Å²) in [5.41, 5.74) is 5.30. The van der Waals surface area contributed by atoms with E-state index in [1.807, 2.05) is 12.1 Å². The van der Waals surface area contributed by atoms with Gasteiger partial charge in [-0.05, 0) is 29.2 Å². The second-order valence-electron chi connectivity index (χ2n) is 5.15. The predicted octanol–water partition coefficient (Wildman–Crippen LogP) is 2.42. The lowest BCUT2D eigenvalue weighted by Gasteiger charge is -2.09. The summed E-state index contributed by atoms with van der Waals surface area (Å²) >= 11 is 0. The largest absolute Gasteiger partial charge is 0.348 e. The van der Waals surface area contributed by atoms with Crippen LogP contribution in [0.1, 0.15) is 41.3 Å². The molecule has 0 spiro atoms. The van der Waals surface area contributed by atoms with Gasteiger partial charge < -0.3 is 10.7 Å². The topological polar surface area (TPSA) is 80.0 Å². The first-order valence-corrected chi connectivity index (χ1v) is 6.90. The fourth-order valence-corrected chi connectivity index (χ4v) is 1.96. The first-order valence-electron chi connectivity index (χ1n) is 6.90. The van der Waals surface area contributed by atoms with Crippen molar-refractivity contribution < 1.29 is 4.79 Å². The summed E-state index contributed by atoms with van der Waals surface area (Å²) < 4.78 is 0. The Morgan fingerprint density at radius 2 is 1.95 bits per heavy atom. The van der Waals surface area contributed by atoms with Gasteiger partial charge in [0.15, 0.2) is 0 Å². The summed E-state index contributed by atoms with van der Waals surface area (Å²) in [7, 11) is 0. The van der Waals surface area contributed by atoms with E-state index >= 15 is 0 Å². The fourth-order valence-electron chi connectivity index (χ4n) is 1.96. The number of nitrogens with zero attached hydrogens (tertiary/aromatic N) is 1. The molecule has 0 fully saturated rings. The number of carbonyl (C=O) groups is 1. The fraction of sp³-hybridized carbons (Fsp3) is 0.250. The Morgan fingerprint density at radius 3 is 2.57 bits per heavy atom. The van der Waals surface area contributed by atoms with E-state index in [1.165, 1.54) is 5.56 Å². The van der Waals surface area contributed by atoms with Crippen LogP contribution < -0.4 is 16.6 Å². The number of nitrogens with one attached hydrogen (secondary N) is 2. The second kappa shape index (κ2) is 6.85. The minimum Gasteiger partial charge on any atom is -0.348 e. The Bertz CT molecular complexity index is 608. The molecule has 5 nitrogen and oxygen atoms in total. The molecule has 2 rings (SSSR count). The molecule has 21 heavy (non-hydrogen) atoms. The molecule has 0 saturated carbocycles. The maximum atomic E-state index is 12.1. The van der Waals surface area contributed by atoms with Gasteiger partial charge in [-0.2, -0.15) is 0 Å². The highest BCUT2D eigenvalue weighted by Gasteiger charge is 2.06. The van der Waals surface area contributed by atoms with Crippen molar-refractivity contribution in [2.24, 2.45) is 5.84 Å². The van der Waals surface area contributed by atoms with Crippen LogP contribution in [0.25, 0.3) is 0 Å². The van der Waals surface area contributed by atoms with E-state index in [-0.39, 0.29) is 5.91 Å². The van der Waals surface area contributed by atoms with Crippen molar-refractivity contribution in [1.29, 1.82) is 0 Å². The monoisotopic (exact) mass is 284 g/mol. The second-order valence-corrected chi connectivity index (χ2v) is 5.15. The van der Waals surface area contributed by atoms with E-state index in [0.717, 1.165) is 5.56 Å². The summed E-state index contributed by atoms with van der Waals surface area (Å²) in [6.45, 7) is 4.80. The Morgan fingerprint density at radius 1 is 1.24 bits per heavy atom. The zero-order valence-electron chi connectivity index (χ0n) is 12.3. The standard InChI is InChI=1S/C16H20N4O/c1-11(2)13-5-3-12(4-6-13)10-19-16(21)14-7-8-18-15(9-14)20-17/h3-9,11H,10,17H2,1-2H3,(H,18,20)(H,19,21). The van der Waals surface area contributed by atoms with Gasteiger partial charge in [0, 0.05) is 18.3 Å². The lowest BCUT2D eigenvalue weighted by molar-refractivity contribution is 0.0951. The molecule has 1 aromatic heterocycles. The normalized spacial score (nSPS) is 10.5. The van der Waals surface area contributed by atoms with E-state index in [9.17, 15) is 4.79 Å². The summed E-state index contributed by atoms with van der Waals surface area (Å²) in [5, 5.41) is 2.88. The van der Waals surface area contributed by atoms with E-state index in [0.29, 0.717) is 23.8 Å². The molecule has 1 amide bonds. The molecule has 4 N–H and O–H groups in total. The quantitative estimate of drug-likeness (QED) is 0.582. The Kier molecular flexibility index (Phi) is 4.90. The molecule has 5 heteroatoms. The molecule has 0 saturated heterocycles. The molecular formula is C16H20N4O. The van der Waals surface area contributed by atoms with Crippen molar-refractivity contribution in [2.45, 2.75) is 26.3 Å². The van der Waals surface area contributed by atoms with Gasteiger partial charge in [0.1, 0.15) is 5.82 Å². The van der Waals surface area contributed by atoms with Crippen LogP contribution in [-0.2, 0) is 6.54 Å². The van der Waals surface area contributed by atoms with Crippen LogP contribution in [0.4, 0.5) is 5.82 Å². The maximum absolute atomic E-state index is 12.1. The maximum Gasteiger partial charge on any atom is 0.251 e. The van der Waals surface area contributed by atoms with E-state index in [1.54, 1.807) is 18.3 Å². The van der Waals surface area contributed by atoms with Gasteiger partial charge >= 0.3 is 0 Å². The number of benzene rings is 1. The Labute approximate surface area is 124 Å². The minimum atomic E-state index is -0.151. The lowest BCUT2D eigenvalue weighted by Crippen LogP contribution is -2.23. The molecule has 1 aromatic carbocycles. The molecule has 110 valence electrons. The number of aromatic nitrogens is 1. The van der Waals surface area contributed by atoms with Crippen LogP contribution in [0.2, 0.25) is 0 Å². The van der Waals surface area contributed by atoms with E-state index in [2.05, 4.69) is 41.7 Å². The summed E-state index contributed by atoms with van der Waals surface area (Å²) in [4.78, 5) is 16.0. The zero-order valence-corrected chi connectivity index (χ0v) is 12.3. The molecule has 0 radical (unpaired) electrons. The van der Waals surface area contributed by atoms with Crippen molar-refractivity contribution >= 4 is 11.7 Å². The van der Waals surface area contributed by atoms with Crippen molar-refractivity contribution in [3.05, 3.63) is 59.3 Å². The van der Waals surface area contributed by atoms with Crippen molar-refractivity contribution in [1.82, 2.24) is 10.3 Å². The first-order chi connectivity index (χ1) is 10.1. The third-order valence-corrected chi connectivity index (χ3v) is 3.27. The van der Waals surface area contributed by atoms with Crippen LogP contribution >= 0.6 is 0 Å². The van der Waals surface area contributed by atoms with Crippen molar-refractivity contribution in [3.63, 3.8) is 0 Å². The van der Waals surface area contributed by atoms with E-state index < -0.39 is 0 Å². The van der Waals surface area contributed by atoms with Gasteiger partial charge in [0.25, 0.3) is 5.91 Å². The Balaban J connectivity index is 1.97. The Hall–Kier alpha value is -2.40. The van der Waals surface area contributed by atoms with Crippen LogP contribution in [0.3, 0.4) is 0 Å². The molecular weight excluding hydrogens is 264 g/mol. The van der Waals surface area contributed by atoms with Gasteiger partial charge in [-0.15, -0.1) is 0 Å². The smallest absolute Gasteiger partial charge is 0.251 e.